The molecule has 2 aromatic heterocycles. The second-order valence-corrected chi connectivity index (χ2v) is 14.1. The van der Waals surface area contributed by atoms with Crippen molar-refractivity contribution in [3.05, 3.63) is 59.3 Å². The number of nitrogens with one attached hydrogen (secondary N) is 1. The molecule has 0 spiro atoms. The number of primary amides is 1. The summed E-state index contributed by atoms with van der Waals surface area (Å²) in [7, 11) is 2.33. The lowest BCUT2D eigenvalue weighted by molar-refractivity contribution is -0.122. The molecular weight excluding hydrogens is 542 g/mol. The van der Waals surface area contributed by atoms with Gasteiger partial charge in [0.25, 0.3) is 0 Å². The van der Waals surface area contributed by atoms with Crippen LogP contribution in [0.25, 0.3) is 10.2 Å². The average molecular weight is 584 g/mol. The lowest BCUT2D eigenvalue weighted by Gasteiger charge is -2.45. The number of hydrogen-bond donors (Lipinski definition) is 2. The number of rotatable bonds is 7. The molecule has 4 bridgehead atoms. The van der Waals surface area contributed by atoms with Crippen molar-refractivity contribution < 1.29 is 4.79 Å². The van der Waals surface area contributed by atoms with E-state index >= 15 is 0 Å². The van der Waals surface area contributed by atoms with Crippen molar-refractivity contribution in [3.63, 3.8) is 0 Å². The first-order chi connectivity index (χ1) is 20.5. The number of aromatic nitrogens is 2. The van der Waals surface area contributed by atoms with Gasteiger partial charge in [-0.05, 0) is 80.1 Å². The molecule has 6 unspecified atom stereocenters. The van der Waals surface area contributed by atoms with E-state index in [1.807, 2.05) is 0 Å². The third-order valence-corrected chi connectivity index (χ3v) is 11.9. The number of piperazine rings is 1. The number of fused-ring (bicyclic) bond motifs is 5. The molecule has 1 aromatic carbocycles. The highest BCUT2D eigenvalue weighted by Gasteiger charge is 2.48. The Labute approximate surface area is 252 Å². The number of nitrogens with two attached hydrogens (primary N) is 1. The van der Waals surface area contributed by atoms with E-state index in [1.54, 1.807) is 11.3 Å². The van der Waals surface area contributed by atoms with Crippen molar-refractivity contribution in [1.82, 2.24) is 19.8 Å². The van der Waals surface area contributed by atoms with Crippen molar-refractivity contribution in [2.45, 2.75) is 62.7 Å². The minimum Gasteiger partial charge on any atom is -0.369 e. The van der Waals surface area contributed by atoms with Crippen molar-refractivity contribution in [2.24, 2.45) is 23.5 Å². The molecule has 0 radical (unpaired) electrons. The average Bonchev–Trinajstić information content (AvgIpc) is 3.77. The van der Waals surface area contributed by atoms with Crippen molar-refractivity contribution in [1.29, 1.82) is 0 Å². The minimum atomic E-state index is -0.226. The number of piperidine rings is 1. The number of anilines is 2. The molecule has 8 rings (SSSR count). The van der Waals surface area contributed by atoms with Gasteiger partial charge in [0.05, 0.1) is 16.1 Å². The number of amides is 1. The number of carbonyl (C=O) groups is 1. The van der Waals surface area contributed by atoms with Gasteiger partial charge in [-0.2, -0.15) is 0 Å². The summed E-state index contributed by atoms with van der Waals surface area (Å²) >= 11 is 1.64. The van der Waals surface area contributed by atoms with Crippen molar-refractivity contribution in [2.75, 3.05) is 43.4 Å². The quantitative estimate of drug-likeness (QED) is 0.405. The summed E-state index contributed by atoms with van der Waals surface area (Å²) in [4.78, 5) is 30.1. The van der Waals surface area contributed by atoms with Gasteiger partial charge in [0.1, 0.15) is 11.6 Å². The second kappa shape index (κ2) is 10.6. The molecule has 42 heavy (non-hydrogen) atoms. The van der Waals surface area contributed by atoms with Crippen LogP contribution in [0.2, 0.25) is 0 Å². The zero-order chi connectivity index (χ0) is 28.4. The first kappa shape index (κ1) is 26.6. The summed E-state index contributed by atoms with van der Waals surface area (Å²) in [5, 5.41) is 5.70. The maximum absolute atomic E-state index is 12.3. The number of nitrogens with zero attached hydrogens (tertiary/aromatic N) is 5. The maximum Gasteiger partial charge on any atom is 0.223 e. The lowest BCUT2D eigenvalue weighted by Crippen LogP contribution is -2.55. The standard InChI is InChI=1S/C33H41N7OS/c1-38-24-8-9-25(38)19-26(18-24)40-13-11-39(12-14-40)23-6-2-20(3-7-23)16-28-35-27-10-15-42-31(27)33(36-28)37-30-22-5-4-21(17-22)29(30)32(34)41/h2-7,10,15,21-22,24-26,29-30H,8-9,11-14,16-19H2,1H3,(H2,34,41)(H,35,36,37). The van der Waals surface area contributed by atoms with Crippen LogP contribution >= 0.6 is 11.3 Å². The molecule has 5 heterocycles. The Morgan fingerprint density at radius 1 is 0.952 bits per heavy atom. The summed E-state index contributed by atoms with van der Waals surface area (Å²) in [6.07, 6.45) is 11.5. The molecule has 6 atom stereocenters. The number of benzene rings is 1. The van der Waals surface area contributed by atoms with Crippen LogP contribution in [0.5, 0.6) is 0 Å². The zero-order valence-corrected chi connectivity index (χ0v) is 25.2. The zero-order valence-electron chi connectivity index (χ0n) is 24.4. The summed E-state index contributed by atoms with van der Waals surface area (Å²) in [5.74, 6) is 1.75. The maximum atomic E-state index is 12.3. The summed E-state index contributed by atoms with van der Waals surface area (Å²) in [6.45, 7) is 4.51. The monoisotopic (exact) mass is 583 g/mol. The molecule has 220 valence electrons. The van der Waals surface area contributed by atoms with Crippen LogP contribution in [-0.2, 0) is 11.2 Å². The number of carbonyl (C=O) groups excluding carboxylic acids is 1. The molecule has 3 N–H and O–H groups in total. The van der Waals surface area contributed by atoms with Crippen LogP contribution in [0.1, 0.15) is 43.5 Å². The number of hydrogen-bond acceptors (Lipinski definition) is 8. The fourth-order valence-corrected chi connectivity index (χ4v) is 9.47. The Morgan fingerprint density at radius 3 is 2.43 bits per heavy atom. The van der Waals surface area contributed by atoms with Gasteiger partial charge in [0.2, 0.25) is 5.91 Å². The van der Waals surface area contributed by atoms with E-state index < -0.39 is 0 Å². The largest absolute Gasteiger partial charge is 0.369 e. The molecule has 3 saturated heterocycles. The SMILES string of the molecule is CN1C2CCC1CC(N1CCN(c3ccc(Cc4nc(NC5C6C=CC(C6)C5C(N)=O)c5sccc5n4)cc3)CC1)C2. The fourth-order valence-electron chi connectivity index (χ4n) is 8.69. The van der Waals surface area contributed by atoms with Gasteiger partial charge in [-0.15, -0.1) is 11.3 Å². The third kappa shape index (κ3) is 4.70. The Balaban J connectivity index is 0.929. The van der Waals surface area contributed by atoms with E-state index in [-0.39, 0.29) is 23.8 Å². The Kier molecular flexibility index (Phi) is 6.72. The lowest BCUT2D eigenvalue weighted by atomic mass is 9.88. The van der Waals surface area contributed by atoms with E-state index in [0.717, 1.165) is 72.6 Å². The molecule has 8 nitrogen and oxygen atoms in total. The molecule has 1 amide bonds. The van der Waals surface area contributed by atoms with Crippen LogP contribution < -0.4 is 16.0 Å². The molecule has 3 aliphatic heterocycles. The highest BCUT2D eigenvalue weighted by molar-refractivity contribution is 7.17. The number of allylic oxidation sites excluding steroid dienone is 1. The highest BCUT2D eigenvalue weighted by atomic mass is 32.1. The van der Waals surface area contributed by atoms with Gasteiger partial charge in [-0.25, -0.2) is 9.97 Å². The normalized spacial score (nSPS) is 32.7. The van der Waals surface area contributed by atoms with Crippen LogP contribution in [0, 0.1) is 17.8 Å². The molecule has 9 heteroatoms. The predicted molar refractivity (Wildman–Crippen MR) is 169 cm³/mol. The minimum absolute atomic E-state index is 0.0140. The summed E-state index contributed by atoms with van der Waals surface area (Å²) < 4.78 is 1.04. The van der Waals surface area contributed by atoms with Gasteiger partial charge in [-0.3, -0.25) is 9.69 Å². The smallest absolute Gasteiger partial charge is 0.223 e. The van der Waals surface area contributed by atoms with Gasteiger partial charge in [-0.1, -0.05) is 24.3 Å². The van der Waals surface area contributed by atoms with Crippen LogP contribution in [0.3, 0.4) is 0 Å². The van der Waals surface area contributed by atoms with Crippen molar-refractivity contribution >= 4 is 39.0 Å². The molecule has 1 saturated carbocycles. The van der Waals surface area contributed by atoms with Crippen LogP contribution in [-0.4, -0.2) is 83.1 Å². The van der Waals surface area contributed by atoms with Gasteiger partial charge < -0.3 is 20.9 Å². The summed E-state index contributed by atoms with van der Waals surface area (Å²) in [5.41, 5.74) is 9.29. The summed E-state index contributed by atoms with van der Waals surface area (Å²) in [6, 6.07) is 13.4. The third-order valence-electron chi connectivity index (χ3n) is 11.0. The molecule has 3 aromatic rings. The van der Waals surface area contributed by atoms with Gasteiger partial charge in [0, 0.05) is 62.5 Å². The van der Waals surface area contributed by atoms with E-state index in [9.17, 15) is 4.79 Å². The first-order valence-electron chi connectivity index (χ1n) is 15.8. The first-order valence-corrected chi connectivity index (χ1v) is 16.7. The van der Waals surface area contributed by atoms with Crippen LogP contribution in [0.15, 0.2) is 47.9 Å². The molecule has 4 fully saturated rings. The Hall–Kier alpha value is -3.01. The molecule has 5 aliphatic rings. The molecular formula is C33H41N7OS. The Morgan fingerprint density at radius 2 is 1.69 bits per heavy atom. The van der Waals surface area contributed by atoms with Gasteiger partial charge >= 0.3 is 0 Å². The van der Waals surface area contributed by atoms with Gasteiger partial charge in [0.15, 0.2) is 0 Å². The van der Waals surface area contributed by atoms with E-state index in [2.05, 4.69) is 74.9 Å². The fraction of sp³-hybridized carbons (Fsp3) is 0.545. The number of thiophene rings is 1. The molecule has 2 aliphatic carbocycles. The van der Waals surface area contributed by atoms with Crippen LogP contribution in [0.4, 0.5) is 11.5 Å². The predicted octanol–water partition coefficient (Wildman–Crippen LogP) is 4.12. The van der Waals surface area contributed by atoms with E-state index in [1.165, 1.54) is 36.9 Å². The Bertz CT molecular complexity index is 1480. The topological polar surface area (TPSA) is 90.6 Å². The van der Waals surface area contributed by atoms with Crippen molar-refractivity contribution in [3.8, 4) is 0 Å². The van der Waals surface area contributed by atoms with E-state index in [0.29, 0.717) is 12.3 Å². The second-order valence-electron chi connectivity index (χ2n) is 13.2. The highest BCUT2D eigenvalue weighted by Crippen LogP contribution is 2.45. The van der Waals surface area contributed by atoms with E-state index in [4.69, 9.17) is 15.7 Å².